The number of aromatic nitrogens is 1. The van der Waals surface area contributed by atoms with Crippen LogP contribution in [-0.2, 0) is 33.4 Å². The van der Waals surface area contributed by atoms with Crippen LogP contribution in [0.15, 0.2) is 30.3 Å². The monoisotopic (exact) mass is 755 g/mol. The molecule has 1 aromatic carbocycles. The predicted octanol–water partition coefficient (Wildman–Crippen LogP) is 4.99. The van der Waals surface area contributed by atoms with Crippen molar-refractivity contribution in [3.8, 4) is 0 Å². The first-order chi connectivity index (χ1) is 23.1. The lowest BCUT2D eigenvalue weighted by atomic mass is 9.89. The number of nitrogens with one attached hydrogen (secondary N) is 3. The Bertz CT molecular complexity index is 1580. The van der Waals surface area contributed by atoms with Crippen molar-refractivity contribution < 1.29 is 33.4 Å². The lowest BCUT2D eigenvalue weighted by Crippen LogP contribution is -2.56. The van der Waals surface area contributed by atoms with Crippen LogP contribution in [0.25, 0.3) is 17.0 Å². The lowest BCUT2D eigenvalue weighted by molar-refractivity contribution is -0.146. The first-order valence-corrected chi connectivity index (χ1v) is 17.4. The number of hydrogen-bond donors (Lipinski definition) is 4. The van der Waals surface area contributed by atoms with Gasteiger partial charge in [-0.15, -0.1) is 0 Å². The molecule has 0 radical (unpaired) electrons. The molecular weight excluding hydrogens is 709 g/mol. The van der Waals surface area contributed by atoms with E-state index in [4.69, 9.17) is 55.0 Å². The molecule has 0 saturated heterocycles. The van der Waals surface area contributed by atoms with E-state index in [0.29, 0.717) is 12.1 Å². The first kappa shape index (κ1) is 42.7. The molecule has 5 N–H and O–H groups in total. The number of nitrogens with zero attached hydrogens (tertiary/aromatic N) is 1. The molecule has 0 aliphatic carbocycles. The van der Waals surface area contributed by atoms with Gasteiger partial charge in [-0.05, 0) is 76.6 Å². The third-order valence-corrected chi connectivity index (χ3v) is 8.08. The van der Waals surface area contributed by atoms with Crippen molar-refractivity contribution in [2.45, 2.75) is 96.3 Å². The molecule has 2 rings (SSSR count). The number of carbonyl (C=O) groups excluding carboxylic acids is 5. The van der Waals surface area contributed by atoms with Gasteiger partial charge >= 0.3 is 11.9 Å². The van der Waals surface area contributed by atoms with Crippen LogP contribution in [-0.4, -0.2) is 69.7 Å². The normalized spacial score (nSPS) is 14.5. The number of halogens is 3. The maximum atomic E-state index is 13.4. The summed E-state index contributed by atoms with van der Waals surface area (Å²) >= 11 is 16.7. The average molecular weight is 757 g/mol. The number of hydrogen-bond acceptors (Lipinski definition) is 9. The van der Waals surface area contributed by atoms with Crippen LogP contribution in [0.4, 0.5) is 0 Å². The molecule has 0 unspecified atom stereocenters. The van der Waals surface area contributed by atoms with Crippen molar-refractivity contribution in [2.75, 3.05) is 13.2 Å². The molecule has 50 heavy (non-hydrogen) atoms. The van der Waals surface area contributed by atoms with Gasteiger partial charge in [0.15, 0.2) is 0 Å². The minimum absolute atomic E-state index is 0.191. The molecule has 15 heteroatoms. The number of rotatable bonds is 16. The summed E-state index contributed by atoms with van der Waals surface area (Å²) in [6.45, 7) is 13.4. The maximum Gasteiger partial charge on any atom is 0.323 e. The Morgan fingerprint density at radius 2 is 1.66 bits per heavy atom. The highest BCUT2D eigenvalue weighted by molar-refractivity contribution is 6.67. The van der Waals surface area contributed by atoms with Crippen molar-refractivity contribution >= 4 is 81.4 Å². The molecule has 2 aromatic rings. The summed E-state index contributed by atoms with van der Waals surface area (Å²) < 4.78 is 8.38. The minimum atomic E-state index is -1.74. The van der Waals surface area contributed by atoms with Gasteiger partial charge in [-0.2, -0.15) is 0 Å². The van der Waals surface area contributed by atoms with Gasteiger partial charge < -0.3 is 31.2 Å². The Balaban J connectivity index is 1.99. The fraction of sp³-hybridized carbons (Fsp3) is 0.543. The van der Waals surface area contributed by atoms with Gasteiger partial charge in [-0.1, -0.05) is 72.9 Å². The van der Waals surface area contributed by atoms with E-state index in [1.165, 1.54) is 13.8 Å². The van der Waals surface area contributed by atoms with Gasteiger partial charge in [0.2, 0.25) is 21.5 Å². The highest BCUT2D eigenvalue weighted by Crippen LogP contribution is 2.27. The SMILES string of the molecule is CC(=O)O[C@H](C)c1ccc2c(C)cc(/C=C/C(C)(C)C(=O)N[C@H](C(=O)N[C@@H](C)C(=O)NCCC[C@H](N)C(=O)OCC(Cl)(Cl)Cl)C(C)C)cc2n1. The van der Waals surface area contributed by atoms with Crippen LogP contribution < -0.4 is 21.7 Å². The summed E-state index contributed by atoms with van der Waals surface area (Å²) in [5, 5.41) is 9.14. The summed E-state index contributed by atoms with van der Waals surface area (Å²) in [5.74, 6) is -2.74. The van der Waals surface area contributed by atoms with Crippen molar-refractivity contribution in [1.29, 1.82) is 0 Å². The van der Waals surface area contributed by atoms with Crippen molar-refractivity contribution in [1.82, 2.24) is 20.9 Å². The summed E-state index contributed by atoms with van der Waals surface area (Å²) in [6, 6.07) is 4.87. The number of nitrogens with two attached hydrogens (primary N) is 1. The fourth-order valence-electron chi connectivity index (χ4n) is 4.77. The van der Waals surface area contributed by atoms with Gasteiger partial charge in [0, 0.05) is 18.9 Å². The van der Waals surface area contributed by atoms with E-state index >= 15 is 0 Å². The first-order valence-electron chi connectivity index (χ1n) is 16.3. The van der Waals surface area contributed by atoms with E-state index in [1.807, 2.05) is 37.3 Å². The van der Waals surface area contributed by atoms with E-state index < -0.39 is 63.8 Å². The van der Waals surface area contributed by atoms with Crippen molar-refractivity contribution in [3.63, 3.8) is 0 Å². The largest absolute Gasteiger partial charge is 0.460 e. The van der Waals surface area contributed by atoms with Crippen LogP contribution in [0.5, 0.6) is 0 Å². The fourth-order valence-corrected chi connectivity index (χ4v) is 4.93. The topological polar surface area (TPSA) is 179 Å². The minimum Gasteiger partial charge on any atom is -0.460 e. The zero-order chi connectivity index (χ0) is 38.0. The zero-order valence-corrected chi connectivity index (χ0v) is 32.0. The number of aryl methyl sites for hydroxylation is 1. The zero-order valence-electron chi connectivity index (χ0n) is 29.7. The molecule has 12 nitrogen and oxygen atoms in total. The second-order valence-electron chi connectivity index (χ2n) is 13.1. The summed E-state index contributed by atoms with van der Waals surface area (Å²) in [4.78, 5) is 67.3. The molecule has 276 valence electrons. The number of benzene rings is 1. The predicted molar refractivity (Wildman–Crippen MR) is 195 cm³/mol. The van der Waals surface area contributed by atoms with Crippen molar-refractivity contribution in [3.05, 3.63) is 47.2 Å². The molecule has 0 saturated carbocycles. The summed E-state index contributed by atoms with van der Waals surface area (Å²) in [7, 11) is 0. The van der Waals surface area contributed by atoms with E-state index in [2.05, 4.69) is 16.0 Å². The van der Waals surface area contributed by atoms with Crippen LogP contribution in [0, 0.1) is 18.3 Å². The molecule has 0 aliphatic heterocycles. The highest BCUT2D eigenvalue weighted by Gasteiger charge is 2.32. The van der Waals surface area contributed by atoms with E-state index in [9.17, 15) is 24.0 Å². The van der Waals surface area contributed by atoms with Gasteiger partial charge in [0.05, 0.1) is 16.6 Å². The molecule has 1 heterocycles. The Morgan fingerprint density at radius 3 is 2.26 bits per heavy atom. The van der Waals surface area contributed by atoms with E-state index in [0.717, 1.165) is 22.0 Å². The van der Waals surface area contributed by atoms with Gasteiger partial charge in [-0.3, -0.25) is 24.0 Å². The Labute approximate surface area is 308 Å². The second kappa shape index (κ2) is 18.7. The Morgan fingerprint density at radius 1 is 1.00 bits per heavy atom. The van der Waals surface area contributed by atoms with Gasteiger partial charge in [-0.25, -0.2) is 4.98 Å². The molecule has 0 bridgehead atoms. The van der Waals surface area contributed by atoms with Crippen LogP contribution >= 0.6 is 34.8 Å². The van der Waals surface area contributed by atoms with Gasteiger partial charge in [0.25, 0.3) is 0 Å². The van der Waals surface area contributed by atoms with Gasteiger partial charge in [0.1, 0.15) is 30.8 Å². The summed E-state index contributed by atoms with van der Waals surface area (Å²) in [5.41, 5.74) is 7.94. The third-order valence-electron chi connectivity index (χ3n) is 7.75. The molecule has 4 atom stereocenters. The van der Waals surface area contributed by atoms with Crippen LogP contribution in [0.2, 0.25) is 0 Å². The molecule has 0 aliphatic rings. The molecular formula is C35H48Cl3N5O7. The number of fused-ring (bicyclic) bond motifs is 1. The van der Waals surface area contributed by atoms with E-state index in [1.54, 1.807) is 40.7 Å². The standard InChI is InChI=1S/C35H48Cl3N5O7/c1-19(2)29(31(46)41-21(4)30(45)40-15-9-10-26(39)32(47)49-18-35(36,37)38)43-33(48)34(7,8)14-13-24-16-20(3)25-11-12-27(42-28(25)17-24)22(5)50-23(6)44/h11-14,16-17,19,21-22,26,29H,9-10,15,18,39H2,1-8H3,(H,40,45)(H,41,46)(H,43,48)/b14-13+/t21-,22+,26-,29-/m0/s1. The van der Waals surface area contributed by atoms with E-state index in [-0.39, 0.29) is 24.8 Å². The van der Waals surface area contributed by atoms with Crippen LogP contribution in [0.3, 0.4) is 0 Å². The second-order valence-corrected chi connectivity index (χ2v) is 15.7. The smallest absolute Gasteiger partial charge is 0.323 e. The number of ether oxygens (including phenoxy) is 2. The maximum absolute atomic E-state index is 13.4. The third kappa shape index (κ3) is 13.7. The van der Waals surface area contributed by atoms with Crippen molar-refractivity contribution in [2.24, 2.45) is 17.1 Å². The molecule has 0 fully saturated rings. The Hall–Kier alpha value is -3.45. The quantitative estimate of drug-likeness (QED) is 0.104. The average Bonchev–Trinajstić information content (AvgIpc) is 3.01. The number of pyridine rings is 1. The molecule has 3 amide bonds. The van der Waals surface area contributed by atoms with Crippen LogP contribution in [0.1, 0.15) is 84.2 Å². The lowest BCUT2D eigenvalue weighted by Gasteiger charge is -2.28. The summed E-state index contributed by atoms with van der Waals surface area (Å²) in [6.07, 6.45) is 3.65. The number of carbonyl (C=O) groups is 5. The molecule has 1 aromatic heterocycles. The molecule has 0 spiro atoms. The number of esters is 2. The number of alkyl halides is 3. The number of amides is 3. The highest BCUT2D eigenvalue weighted by atomic mass is 35.6. The Kier molecular flexibility index (Phi) is 16.0.